The number of H-pyrrole nitrogens is 1. The van der Waals surface area contributed by atoms with Crippen LogP contribution in [0.5, 0.6) is 0 Å². The van der Waals surface area contributed by atoms with Crippen LogP contribution in [-0.4, -0.2) is 19.9 Å². The van der Waals surface area contributed by atoms with Gasteiger partial charge in [-0.25, -0.2) is 15.0 Å². The molecule has 0 aliphatic carbocycles. The lowest BCUT2D eigenvalue weighted by Crippen LogP contribution is -1.99. The number of aromatic nitrogens is 4. The summed E-state index contributed by atoms with van der Waals surface area (Å²) in [5.41, 5.74) is 3.45. The molecule has 0 bridgehead atoms. The van der Waals surface area contributed by atoms with Crippen molar-refractivity contribution in [3.63, 3.8) is 0 Å². The quantitative estimate of drug-likeness (QED) is 0.485. The van der Waals surface area contributed by atoms with Crippen LogP contribution in [0.2, 0.25) is 0 Å². The molecule has 0 amide bonds. The molecule has 0 atom stereocenters. The summed E-state index contributed by atoms with van der Waals surface area (Å²) in [5, 5.41) is 6.63. The molecule has 3 heterocycles. The molecule has 5 nitrogen and oxygen atoms in total. The maximum Gasteiger partial charge on any atom is 0.183 e. The van der Waals surface area contributed by atoms with Crippen LogP contribution >= 0.6 is 11.3 Å². The molecular weight excluding hydrogens is 330 g/mol. The van der Waals surface area contributed by atoms with Crippen molar-refractivity contribution < 1.29 is 0 Å². The summed E-state index contributed by atoms with van der Waals surface area (Å²) < 4.78 is 1.22. The van der Waals surface area contributed by atoms with Crippen molar-refractivity contribution in [1.29, 1.82) is 0 Å². The number of imidazole rings is 1. The predicted molar refractivity (Wildman–Crippen MR) is 102 cm³/mol. The summed E-state index contributed by atoms with van der Waals surface area (Å²) in [6.07, 6.45) is 1.64. The highest BCUT2D eigenvalue weighted by atomic mass is 32.1. The second-order valence-electron chi connectivity index (χ2n) is 5.63. The average Bonchev–Trinajstić information content (AvgIpc) is 3.29. The first-order valence-corrected chi connectivity index (χ1v) is 8.76. The number of aromatic amines is 1. The Bertz CT molecular complexity index is 1180. The normalized spacial score (nSPS) is 11.2. The van der Waals surface area contributed by atoms with Crippen molar-refractivity contribution in [2.45, 2.75) is 0 Å². The third-order valence-electron chi connectivity index (χ3n) is 4.04. The third kappa shape index (κ3) is 2.43. The zero-order valence-corrected chi connectivity index (χ0v) is 13.9. The van der Waals surface area contributed by atoms with Crippen LogP contribution < -0.4 is 5.32 Å². The number of benzene rings is 2. The van der Waals surface area contributed by atoms with Crippen LogP contribution in [-0.2, 0) is 0 Å². The van der Waals surface area contributed by atoms with Gasteiger partial charge in [0.05, 0.1) is 6.33 Å². The number of para-hydroxylation sites is 1. The van der Waals surface area contributed by atoms with Gasteiger partial charge in [-0.15, -0.1) is 11.3 Å². The molecule has 120 valence electrons. The minimum absolute atomic E-state index is 0.652. The van der Waals surface area contributed by atoms with Crippen LogP contribution in [0.3, 0.4) is 0 Å². The summed E-state index contributed by atoms with van der Waals surface area (Å²) in [6, 6.07) is 18.3. The molecule has 0 aliphatic rings. The molecule has 2 N–H and O–H groups in total. The first-order chi connectivity index (χ1) is 12.4. The van der Waals surface area contributed by atoms with E-state index >= 15 is 0 Å². The number of nitrogens with zero attached hydrogens (tertiary/aromatic N) is 3. The Kier molecular flexibility index (Phi) is 3.21. The van der Waals surface area contributed by atoms with Crippen molar-refractivity contribution in [2.75, 3.05) is 5.32 Å². The Morgan fingerprint density at radius 1 is 0.920 bits per heavy atom. The molecule has 0 radical (unpaired) electrons. The lowest BCUT2D eigenvalue weighted by Gasteiger charge is -2.08. The largest absolute Gasteiger partial charge is 0.340 e. The summed E-state index contributed by atoms with van der Waals surface area (Å²) >= 11 is 1.70. The van der Waals surface area contributed by atoms with E-state index in [1.807, 2.05) is 42.5 Å². The summed E-state index contributed by atoms with van der Waals surface area (Å²) in [4.78, 5) is 16.9. The molecule has 0 aliphatic heterocycles. The third-order valence-corrected chi connectivity index (χ3v) is 5.01. The van der Waals surface area contributed by atoms with Gasteiger partial charge in [0.2, 0.25) is 0 Å². The first kappa shape index (κ1) is 14.1. The lowest BCUT2D eigenvalue weighted by atomic mass is 10.1. The minimum atomic E-state index is 0.652. The second-order valence-corrected chi connectivity index (χ2v) is 6.54. The minimum Gasteiger partial charge on any atom is -0.340 e. The maximum atomic E-state index is 4.77. The number of rotatable bonds is 3. The topological polar surface area (TPSA) is 66.5 Å². The number of thiophene rings is 1. The highest BCUT2D eigenvalue weighted by Crippen LogP contribution is 2.33. The van der Waals surface area contributed by atoms with E-state index < -0.39 is 0 Å². The van der Waals surface area contributed by atoms with Gasteiger partial charge in [-0.3, -0.25) is 0 Å². The molecule has 0 saturated heterocycles. The predicted octanol–water partition coefficient (Wildman–Crippen LogP) is 4.98. The van der Waals surface area contributed by atoms with E-state index in [2.05, 4.69) is 37.8 Å². The zero-order valence-electron chi connectivity index (χ0n) is 13.1. The van der Waals surface area contributed by atoms with Crippen molar-refractivity contribution in [2.24, 2.45) is 0 Å². The van der Waals surface area contributed by atoms with Gasteiger partial charge in [-0.1, -0.05) is 36.4 Å². The van der Waals surface area contributed by atoms with Gasteiger partial charge >= 0.3 is 0 Å². The van der Waals surface area contributed by atoms with Crippen LogP contribution in [0, 0.1) is 0 Å². The SMILES string of the molecule is c1ccc(Nc2nc(-c3csc4ccccc34)nc3nc[nH]c23)cc1. The summed E-state index contributed by atoms with van der Waals surface area (Å²) in [6.45, 7) is 0. The summed E-state index contributed by atoms with van der Waals surface area (Å²) in [5.74, 6) is 1.40. The first-order valence-electron chi connectivity index (χ1n) is 7.88. The highest BCUT2D eigenvalue weighted by molar-refractivity contribution is 7.17. The molecule has 5 aromatic rings. The Balaban J connectivity index is 1.69. The molecule has 5 rings (SSSR count). The molecule has 0 saturated carbocycles. The van der Waals surface area contributed by atoms with Crippen molar-refractivity contribution >= 4 is 44.1 Å². The van der Waals surface area contributed by atoms with Crippen molar-refractivity contribution in [3.05, 3.63) is 66.3 Å². The van der Waals surface area contributed by atoms with Gasteiger partial charge in [-0.2, -0.15) is 0 Å². The number of hydrogen-bond acceptors (Lipinski definition) is 5. The summed E-state index contributed by atoms with van der Waals surface area (Å²) in [7, 11) is 0. The second kappa shape index (κ2) is 5.68. The number of nitrogens with one attached hydrogen (secondary N) is 2. The Morgan fingerprint density at radius 3 is 2.68 bits per heavy atom. The Morgan fingerprint density at radius 2 is 1.76 bits per heavy atom. The van der Waals surface area contributed by atoms with E-state index in [1.165, 1.54) is 4.70 Å². The van der Waals surface area contributed by atoms with Gasteiger partial charge < -0.3 is 10.3 Å². The van der Waals surface area contributed by atoms with Crippen molar-refractivity contribution in [3.8, 4) is 11.4 Å². The molecule has 0 spiro atoms. The van der Waals surface area contributed by atoms with E-state index in [0.29, 0.717) is 11.5 Å². The molecule has 2 aromatic carbocycles. The van der Waals surface area contributed by atoms with Crippen LogP contribution in [0.1, 0.15) is 0 Å². The van der Waals surface area contributed by atoms with E-state index in [1.54, 1.807) is 17.7 Å². The number of anilines is 2. The van der Waals surface area contributed by atoms with E-state index in [-0.39, 0.29) is 0 Å². The average molecular weight is 343 g/mol. The van der Waals surface area contributed by atoms with Gasteiger partial charge in [0.25, 0.3) is 0 Å². The Hall–Kier alpha value is -3.25. The van der Waals surface area contributed by atoms with E-state index in [9.17, 15) is 0 Å². The molecule has 0 fully saturated rings. The maximum absolute atomic E-state index is 4.77. The molecular formula is C19H13N5S. The van der Waals surface area contributed by atoms with Gasteiger partial charge in [0.15, 0.2) is 17.3 Å². The number of fused-ring (bicyclic) bond motifs is 2. The smallest absolute Gasteiger partial charge is 0.183 e. The van der Waals surface area contributed by atoms with Crippen LogP contribution in [0.25, 0.3) is 32.6 Å². The monoisotopic (exact) mass is 343 g/mol. The molecule has 3 aromatic heterocycles. The Labute approximate surface area is 147 Å². The fourth-order valence-corrected chi connectivity index (χ4v) is 3.79. The van der Waals surface area contributed by atoms with Gasteiger partial charge in [-0.05, 0) is 18.2 Å². The van der Waals surface area contributed by atoms with Gasteiger partial charge in [0, 0.05) is 26.7 Å². The lowest BCUT2D eigenvalue weighted by molar-refractivity contribution is 1.21. The number of hydrogen-bond donors (Lipinski definition) is 2. The zero-order chi connectivity index (χ0) is 16.6. The fraction of sp³-hybridized carbons (Fsp3) is 0. The standard InChI is InChI=1S/C19H13N5S/c1-2-6-12(7-3-1)22-19-16-18(21-11-20-16)23-17(24-19)14-10-25-15-9-5-4-8-13(14)15/h1-11H,(H2,20,21,22,23,24). The molecule has 25 heavy (non-hydrogen) atoms. The molecule has 6 heteroatoms. The fourth-order valence-electron chi connectivity index (χ4n) is 2.85. The van der Waals surface area contributed by atoms with Crippen molar-refractivity contribution in [1.82, 2.24) is 19.9 Å². The highest BCUT2D eigenvalue weighted by Gasteiger charge is 2.14. The molecule has 0 unspecified atom stereocenters. The van der Waals surface area contributed by atoms with E-state index in [0.717, 1.165) is 28.0 Å². The van der Waals surface area contributed by atoms with Crippen LogP contribution in [0.15, 0.2) is 66.3 Å². The van der Waals surface area contributed by atoms with Gasteiger partial charge in [0.1, 0.15) is 5.52 Å². The van der Waals surface area contributed by atoms with Crippen LogP contribution in [0.4, 0.5) is 11.5 Å². The van der Waals surface area contributed by atoms with E-state index in [4.69, 9.17) is 4.98 Å².